The van der Waals surface area contributed by atoms with Crippen LogP contribution >= 0.6 is 27.7 Å². The summed E-state index contributed by atoms with van der Waals surface area (Å²) in [7, 11) is -3.68. The number of hydrogen-bond acceptors (Lipinski definition) is 3. The highest BCUT2D eigenvalue weighted by atomic mass is 79.9. The maximum absolute atomic E-state index is 13.5. The van der Waals surface area contributed by atoms with Crippen molar-refractivity contribution in [2.45, 2.75) is 23.6 Å². The number of hydrogen-bond donors (Lipinski definition) is 0. The number of halogens is 1. The summed E-state index contributed by atoms with van der Waals surface area (Å²) in [5.41, 5.74) is 3.96. The Bertz CT molecular complexity index is 1180. The molecule has 0 saturated heterocycles. The molecule has 0 aromatic heterocycles. The van der Waals surface area contributed by atoms with Crippen LogP contribution < -0.4 is 4.31 Å². The van der Waals surface area contributed by atoms with E-state index >= 15 is 0 Å². The molecule has 0 fully saturated rings. The number of benzene rings is 3. The first kappa shape index (κ1) is 20.3. The molecule has 0 atom stereocenters. The van der Waals surface area contributed by atoms with Crippen molar-refractivity contribution in [2.75, 3.05) is 10.8 Å². The molecule has 1 aliphatic rings. The number of nitrogens with zero attached hydrogens (tertiary/aromatic N) is 1. The van der Waals surface area contributed by atoms with Crippen LogP contribution in [0.1, 0.15) is 16.7 Å². The molecular weight excluding hydrogens is 466 g/mol. The highest BCUT2D eigenvalue weighted by Crippen LogP contribution is 2.46. The minimum Gasteiger partial charge on any atom is -0.260 e. The second kappa shape index (κ2) is 8.01. The number of rotatable bonds is 3. The molecule has 3 nitrogen and oxygen atoms in total. The Balaban J connectivity index is 1.82. The van der Waals surface area contributed by atoms with E-state index in [1.807, 2.05) is 62.4 Å². The molecule has 0 N–H and O–H groups in total. The first-order valence-electron chi connectivity index (χ1n) is 9.18. The lowest BCUT2D eigenvalue weighted by Gasteiger charge is -2.32. The Hall–Kier alpha value is -2.02. The maximum Gasteiger partial charge on any atom is 0.264 e. The van der Waals surface area contributed by atoms with Crippen LogP contribution in [0.3, 0.4) is 0 Å². The zero-order chi connectivity index (χ0) is 20.6. The average molecular weight is 486 g/mol. The van der Waals surface area contributed by atoms with Gasteiger partial charge in [-0.25, -0.2) is 8.42 Å². The molecule has 0 saturated carbocycles. The normalized spacial score (nSPS) is 15.8. The van der Waals surface area contributed by atoms with Crippen molar-refractivity contribution in [1.29, 1.82) is 0 Å². The molecule has 0 aliphatic carbocycles. The minimum atomic E-state index is -3.68. The standard InChI is InChI=1S/C23H20BrNO2S2/c1-16-7-11-18(12-8-16)23(24)22-15-25(20-5-3-4-6-21(20)28-22)29(26,27)19-13-9-17(2)10-14-19/h3-14H,15H2,1-2H3/b23-22+. The van der Waals surface area contributed by atoms with E-state index in [2.05, 4.69) is 28.1 Å². The van der Waals surface area contributed by atoms with Crippen LogP contribution in [-0.4, -0.2) is 15.0 Å². The summed E-state index contributed by atoms with van der Waals surface area (Å²) in [5.74, 6) is 0. The van der Waals surface area contributed by atoms with Crippen LogP contribution in [0.5, 0.6) is 0 Å². The summed E-state index contributed by atoms with van der Waals surface area (Å²) in [6.45, 7) is 4.28. The van der Waals surface area contributed by atoms with E-state index in [-0.39, 0.29) is 6.54 Å². The number of thioether (sulfide) groups is 1. The van der Waals surface area contributed by atoms with Gasteiger partial charge in [-0.3, -0.25) is 4.31 Å². The number of aryl methyl sites for hydroxylation is 2. The van der Waals surface area contributed by atoms with Gasteiger partial charge >= 0.3 is 0 Å². The van der Waals surface area contributed by atoms with Crippen molar-refractivity contribution >= 4 is 47.9 Å². The number of para-hydroxylation sites is 1. The fourth-order valence-electron chi connectivity index (χ4n) is 3.16. The Kier molecular flexibility index (Phi) is 5.60. The fraction of sp³-hybridized carbons (Fsp3) is 0.130. The molecule has 0 unspecified atom stereocenters. The van der Waals surface area contributed by atoms with Gasteiger partial charge in [-0.1, -0.05) is 71.4 Å². The molecule has 0 amide bonds. The van der Waals surface area contributed by atoms with Gasteiger partial charge in [-0.15, -0.1) is 0 Å². The lowest BCUT2D eigenvalue weighted by Crippen LogP contribution is -2.34. The van der Waals surface area contributed by atoms with Gasteiger partial charge in [0.15, 0.2) is 0 Å². The van der Waals surface area contributed by atoms with Gasteiger partial charge in [0.05, 0.1) is 17.1 Å². The minimum absolute atomic E-state index is 0.284. The Morgan fingerprint density at radius 2 is 1.48 bits per heavy atom. The first-order valence-corrected chi connectivity index (χ1v) is 12.2. The molecule has 1 aliphatic heterocycles. The predicted molar refractivity (Wildman–Crippen MR) is 125 cm³/mol. The van der Waals surface area contributed by atoms with Crippen molar-refractivity contribution < 1.29 is 8.42 Å². The van der Waals surface area contributed by atoms with Gasteiger partial charge < -0.3 is 0 Å². The van der Waals surface area contributed by atoms with Gasteiger partial charge in [0.25, 0.3) is 10.0 Å². The van der Waals surface area contributed by atoms with E-state index in [4.69, 9.17) is 0 Å². The second-order valence-electron chi connectivity index (χ2n) is 7.00. The molecule has 0 radical (unpaired) electrons. The summed E-state index contributed by atoms with van der Waals surface area (Å²) >= 11 is 5.33. The predicted octanol–water partition coefficient (Wildman–Crippen LogP) is 6.37. The summed E-state index contributed by atoms with van der Waals surface area (Å²) in [6, 6.07) is 22.9. The van der Waals surface area contributed by atoms with Crippen molar-refractivity contribution in [3.05, 3.63) is 94.4 Å². The van der Waals surface area contributed by atoms with E-state index in [1.54, 1.807) is 23.9 Å². The van der Waals surface area contributed by atoms with Gasteiger partial charge in [0, 0.05) is 14.3 Å². The topological polar surface area (TPSA) is 37.4 Å². The first-order chi connectivity index (χ1) is 13.9. The molecule has 3 aromatic rings. The largest absolute Gasteiger partial charge is 0.264 e. The Labute approximate surface area is 184 Å². The van der Waals surface area contributed by atoms with Crippen molar-refractivity contribution in [1.82, 2.24) is 0 Å². The summed E-state index contributed by atoms with van der Waals surface area (Å²) in [4.78, 5) is 2.19. The third-order valence-corrected chi connectivity index (χ3v) is 8.93. The molecule has 0 spiro atoms. The average Bonchev–Trinajstić information content (AvgIpc) is 2.73. The molecule has 6 heteroatoms. The lowest BCUT2D eigenvalue weighted by atomic mass is 10.1. The maximum atomic E-state index is 13.5. The SMILES string of the molecule is Cc1ccc(/C(Br)=C2/CN(S(=O)(=O)c3ccc(C)cc3)c3ccccc3S2)cc1. The smallest absolute Gasteiger partial charge is 0.260 e. The second-order valence-corrected chi connectivity index (χ2v) is 10.8. The molecule has 148 valence electrons. The van der Waals surface area contributed by atoms with Gasteiger partial charge in [0.2, 0.25) is 0 Å². The van der Waals surface area contributed by atoms with Crippen molar-refractivity contribution in [3.63, 3.8) is 0 Å². The number of anilines is 1. The Morgan fingerprint density at radius 3 is 2.14 bits per heavy atom. The van der Waals surface area contributed by atoms with Gasteiger partial charge in [-0.05, 0) is 59.6 Å². The molecule has 29 heavy (non-hydrogen) atoms. The fourth-order valence-corrected chi connectivity index (χ4v) is 6.48. The highest BCUT2D eigenvalue weighted by Gasteiger charge is 2.32. The van der Waals surface area contributed by atoms with Crippen LogP contribution in [0.4, 0.5) is 5.69 Å². The van der Waals surface area contributed by atoms with E-state index in [9.17, 15) is 8.42 Å². The van der Waals surface area contributed by atoms with Crippen LogP contribution in [0.15, 0.2) is 87.5 Å². The molecule has 4 rings (SSSR count). The van der Waals surface area contributed by atoms with Crippen LogP contribution in [0, 0.1) is 13.8 Å². The molecule has 1 heterocycles. The van der Waals surface area contributed by atoms with E-state index in [0.717, 1.165) is 25.4 Å². The van der Waals surface area contributed by atoms with Crippen LogP contribution in [0.25, 0.3) is 4.48 Å². The summed E-state index contributed by atoms with van der Waals surface area (Å²) in [5, 5.41) is 0. The monoisotopic (exact) mass is 485 g/mol. The lowest BCUT2D eigenvalue weighted by molar-refractivity contribution is 0.592. The zero-order valence-corrected chi connectivity index (χ0v) is 19.3. The third kappa shape index (κ3) is 4.02. The van der Waals surface area contributed by atoms with Crippen LogP contribution in [-0.2, 0) is 10.0 Å². The Morgan fingerprint density at radius 1 is 0.897 bits per heavy atom. The van der Waals surface area contributed by atoms with Gasteiger partial charge in [-0.2, -0.15) is 0 Å². The van der Waals surface area contributed by atoms with E-state index in [1.165, 1.54) is 9.87 Å². The number of fused-ring (bicyclic) bond motifs is 1. The molecular formula is C23H20BrNO2S2. The van der Waals surface area contributed by atoms with E-state index < -0.39 is 10.0 Å². The van der Waals surface area contributed by atoms with Gasteiger partial charge in [0.1, 0.15) is 0 Å². The summed E-state index contributed by atoms with van der Waals surface area (Å²) in [6.07, 6.45) is 0. The quantitative estimate of drug-likeness (QED) is 0.432. The zero-order valence-electron chi connectivity index (χ0n) is 16.1. The summed E-state index contributed by atoms with van der Waals surface area (Å²) < 4.78 is 29.4. The highest BCUT2D eigenvalue weighted by molar-refractivity contribution is 9.15. The number of sulfonamides is 1. The third-order valence-electron chi connectivity index (χ3n) is 4.81. The van der Waals surface area contributed by atoms with Crippen LogP contribution in [0.2, 0.25) is 0 Å². The van der Waals surface area contributed by atoms with Crippen molar-refractivity contribution in [3.8, 4) is 0 Å². The van der Waals surface area contributed by atoms with E-state index in [0.29, 0.717) is 10.6 Å². The molecule has 0 bridgehead atoms. The van der Waals surface area contributed by atoms with Crippen molar-refractivity contribution in [2.24, 2.45) is 0 Å². The molecule has 3 aromatic carbocycles.